The fraction of sp³-hybridized carbons (Fsp3) is 0.818. The zero-order chi connectivity index (χ0) is 10.2. The Morgan fingerprint density at radius 3 is 2.71 bits per heavy atom. The van der Waals surface area contributed by atoms with Crippen molar-refractivity contribution in [3.05, 3.63) is 12.7 Å². The Morgan fingerprint density at radius 2 is 2.07 bits per heavy atom. The Kier molecular flexibility index (Phi) is 5.83. The van der Waals surface area contributed by atoms with Gasteiger partial charge in [0.25, 0.3) is 0 Å². The fourth-order valence-electron chi connectivity index (χ4n) is 1.78. The van der Waals surface area contributed by atoms with Crippen molar-refractivity contribution < 1.29 is 9.84 Å². The highest BCUT2D eigenvalue weighted by molar-refractivity contribution is 4.69. The van der Waals surface area contributed by atoms with Crippen molar-refractivity contribution in [1.82, 2.24) is 4.90 Å². The summed E-state index contributed by atoms with van der Waals surface area (Å²) in [6.45, 7) is 7.49. The van der Waals surface area contributed by atoms with Gasteiger partial charge in [-0.1, -0.05) is 12.5 Å². The largest absolute Gasteiger partial charge is 0.389 e. The van der Waals surface area contributed by atoms with Crippen molar-refractivity contribution in [3.8, 4) is 0 Å². The van der Waals surface area contributed by atoms with E-state index in [1.165, 1.54) is 19.3 Å². The summed E-state index contributed by atoms with van der Waals surface area (Å²) in [5.74, 6) is 0. The highest BCUT2D eigenvalue weighted by Gasteiger charge is 2.14. The number of aliphatic hydroxyl groups is 1. The monoisotopic (exact) mass is 199 g/mol. The number of piperidine rings is 1. The highest BCUT2D eigenvalue weighted by Crippen LogP contribution is 2.08. The van der Waals surface area contributed by atoms with Gasteiger partial charge in [-0.05, 0) is 25.9 Å². The molecule has 1 rings (SSSR count). The minimum atomic E-state index is -0.354. The normalized spacial score (nSPS) is 20.6. The minimum absolute atomic E-state index is 0.354. The van der Waals surface area contributed by atoms with Gasteiger partial charge in [0.15, 0.2) is 0 Å². The molecule has 1 N–H and O–H groups in total. The lowest BCUT2D eigenvalue weighted by atomic mass is 10.1. The van der Waals surface area contributed by atoms with E-state index in [1.54, 1.807) is 6.08 Å². The van der Waals surface area contributed by atoms with Crippen molar-refractivity contribution >= 4 is 0 Å². The first-order chi connectivity index (χ1) is 6.83. The summed E-state index contributed by atoms with van der Waals surface area (Å²) in [5.41, 5.74) is 0. The first-order valence-corrected chi connectivity index (χ1v) is 5.42. The van der Waals surface area contributed by atoms with Crippen molar-refractivity contribution in [2.75, 3.05) is 32.8 Å². The molecule has 82 valence electrons. The quantitative estimate of drug-likeness (QED) is 0.512. The Hall–Kier alpha value is -0.380. The van der Waals surface area contributed by atoms with Gasteiger partial charge in [0.1, 0.15) is 0 Å². The van der Waals surface area contributed by atoms with Gasteiger partial charge in [-0.25, -0.2) is 0 Å². The topological polar surface area (TPSA) is 32.7 Å². The molecule has 0 spiro atoms. The number of β-amino-alcohol motifs (C(OH)–C–C–N with tert-alkyl or cyclic N) is 1. The van der Waals surface area contributed by atoms with Gasteiger partial charge in [-0.15, -0.1) is 6.58 Å². The second-order valence-corrected chi connectivity index (χ2v) is 3.84. The summed E-state index contributed by atoms with van der Waals surface area (Å²) in [4.78, 5) is 2.31. The van der Waals surface area contributed by atoms with Crippen LogP contribution in [0.1, 0.15) is 19.3 Å². The van der Waals surface area contributed by atoms with Crippen molar-refractivity contribution in [2.45, 2.75) is 25.4 Å². The lowest BCUT2D eigenvalue weighted by Gasteiger charge is -2.28. The number of nitrogens with zero attached hydrogens (tertiary/aromatic N) is 1. The van der Waals surface area contributed by atoms with Gasteiger partial charge in [0.2, 0.25) is 0 Å². The van der Waals surface area contributed by atoms with E-state index in [4.69, 9.17) is 4.74 Å². The maximum atomic E-state index is 9.63. The van der Waals surface area contributed by atoms with Crippen LogP contribution in [0.5, 0.6) is 0 Å². The van der Waals surface area contributed by atoms with Crippen LogP contribution in [0.3, 0.4) is 0 Å². The SMILES string of the molecule is C=CCOCC(O)CN1CCCCC1. The maximum Gasteiger partial charge on any atom is 0.0900 e. The predicted octanol–water partition coefficient (Wildman–Crippen LogP) is 1.04. The molecule has 0 aromatic heterocycles. The van der Waals surface area contributed by atoms with E-state index >= 15 is 0 Å². The van der Waals surface area contributed by atoms with Crippen LogP contribution in [0.2, 0.25) is 0 Å². The van der Waals surface area contributed by atoms with Crippen LogP contribution in [-0.2, 0) is 4.74 Å². The highest BCUT2D eigenvalue weighted by atomic mass is 16.5. The van der Waals surface area contributed by atoms with Crippen LogP contribution in [0.25, 0.3) is 0 Å². The van der Waals surface area contributed by atoms with Gasteiger partial charge < -0.3 is 14.7 Å². The molecule has 0 aliphatic carbocycles. The van der Waals surface area contributed by atoms with Crippen LogP contribution >= 0.6 is 0 Å². The number of ether oxygens (including phenoxy) is 1. The minimum Gasteiger partial charge on any atom is -0.389 e. The molecule has 14 heavy (non-hydrogen) atoms. The molecular formula is C11H21NO2. The molecule has 1 saturated heterocycles. The Balaban J connectivity index is 2.05. The molecule has 0 saturated carbocycles. The van der Waals surface area contributed by atoms with E-state index in [0.717, 1.165) is 19.6 Å². The molecule has 3 nitrogen and oxygen atoms in total. The summed E-state index contributed by atoms with van der Waals surface area (Å²) in [7, 11) is 0. The van der Waals surface area contributed by atoms with Crippen LogP contribution in [0.15, 0.2) is 12.7 Å². The zero-order valence-electron chi connectivity index (χ0n) is 8.82. The third-order valence-electron chi connectivity index (χ3n) is 2.46. The second kappa shape index (κ2) is 6.98. The van der Waals surface area contributed by atoms with Crippen LogP contribution < -0.4 is 0 Å². The molecule has 1 fully saturated rings. The molecule has 0 radical (unpaired) electrons. The Morgan fingerprint density at radius 1 is 1.36 bits per heavy atom. The average molecular weight is 199 g/mol. The molecule has 1 aliphatic heterocycles. The van der Waals surface area contributed by atoms with E-state index in [2.05, 4.69) is 11.5 Å². The molecule has 1 unspecified atom stereocenters. The van der Waals surface area contributed by atoms with Gasteiger partial charge in [0, 0.05) is 6.54 Å². The number of likely N-dealkylation sites (tertiary alicyclic amines) is 1. The maximum absolute atomic E-state index is 9.63. The summed E-state index contributed by atoms with van der Waals surface area (Å²) in [6, 6.07) is 0. The summed E-state index contributed by atoms with van der Waals surface area (Å²) in [6.07, 6.45) is 5.21. The van der Waals surface area contributed by atoms with Crippen molar-refractivity contribution in [1.29, 1.82) is 0 Å². The number of aliphatic hydroxyl groups excluding tert-OH is 1. The van der Waals surface area contributed by atoms with E-state index in [0.29, 0.717) is 13.2 Å². The van der Waals surface area contributed by atoms with Gasteiger partial charge in [-0.2, -0.15) is 0 Å². The summed E-state index contributed by atoms with van der Waals surface area (Å²) >= 11 is 0. The number of hydrogen-bond acceptors (Lipinski definition) is 3. The first kappa shape index (κ1) is 11.7. The second-order valence-electron chi connectivity index (χ2n) is 3.84. The van der Waals surface area contributed by atoms with E-state index < -0.39 is 0 Å². The zero-order valence-corrected chi connectivity index (χ0v) is 8.82. The third-order valence-corrected chi connectivity index (χ3v) is 2.46. The Bertz CT molecular complexity index is 155. The molecule has 0 bridgehead atoms. The molecule has 1 atom stereocenters. The molecule has 0 aromatic carbocycles. The molecule has 3 heteroatoms. The third kappa shape index (κ3) is 4.74. The smallest absolute Gasteiger partial charge is 0.0900 e. The molecule has 1 aliphatic rings. The van der Waals surface area contributed by atoms with Crippen LogP contribution in [-0.4, -0.2) is 49.0 Å². The van der Waals surface area contributed by atoms with Crippen molar-refractivity contribution in [3.63, 3.8) is 0 Å². The van der Waals surface area contributed by atoms with E-state index in [9.17, 15) is 5.11 Å². The molecule has 0 aromatic rings. The van der Waals surface area contributed by atoms with E-state index in [1.807, 2.05) is 0 Å². The fourth-order valence-corrected chi connectivity index (χ4v) is 1.78. The van der Waals surface area contributed by atoms with Gasteiger partial charge >= 0.3 is 0 Å². The van der Waals surface area contributed by atoms with Crippen LogP contribution in [0.4, 0.5) is 0 Å². The lowest BCUT2D eigenvalue weighted by Crippen LogP contribution is -2.38. The molecular weight excluding hydrogens is 178 g/mol. The Labute approximate surface area is 86.4 Å². The van der Waals surface area contributed by atoms with E-state index in [-0.39, 0.29) is 6.10 Å². The summed E-state index contributed by atoms with van der Waals surface area (Å²) < 4.78 is 5.19. The number of rotatable bonds is 6. The van der Waals surface area contributed by atoms with Crippen molar-refractivity contribution in [2.24, 2.45) is 0 Å². The average Bonchev–Trinajstić information content (AvgIpc) is 2.20. The summed E-state index contributed by atoms with van der Waals surface area (Å²) in [5, 5.41) is 9.63. The number of hydrogen-bond donors (Lipinski definition) is 1. The first-order valence-electron chi connectivity index (χ1n) is 5.42. The standard InChI is InChI=1S/C11H21NO2/c1-2-8-14-10-11(13)9-12-6-4-3-5-7-12/h2,11,13H,1,3-10H2. The lowest BCUT2D eigenvalue weighted by molar-refractivity contribution is 0.0227. The van der Waals surface area contributed by atoms with Crippen LogP contribution in [0, 0.1) is 0 Å². The van der Waals surface area contributed by atoms with Gasteiger partial charge in [0.05, 0.1) is 19.3 Å². The molecule has 0 amide bonds. The molecule has 1 heterocycles. The van der Waals surface area contributed by atoms with Gasteiger partial charge in [-0.3, -0.25) is 0 Å². The predicted molar refractivity (Wildman–Crippen MR) is 57.3 cm³/mol.